The molecule has 0 N–H and O–H groups in total. The van der Waals surface area contributed by atoms with E-state index < -0.39 is 0 Å². The number of aromatic nitrogens is 4. The van der Waals surface area contributed by atoms with E-state index in [1.165, 1.54) is 10.4 Å². The third-order valence-corrected chi connectivity index (χ3v) is 4.88. The maximum Gasteiger partial charge on any atom is 0.246 e. The highest BCUT2D eigenvalue weighted by atomic mass is 16.2. The van der Waals surface area contributed by atoms with E-state index in [-0.39, 0.29) is 12.5 Å². The van der Waals surface area contributed by atoms with Crippen LogP contribution in [-0.4, -0.2) is 44.1 Å². The molecule has 0 radical (unpaired) electrons. The summed E-state index contributed by atoms with van der Waals surface area (Å²) in [5, 5.41) is 12.4. The van der Waals surface area contributed by atoms with Gasteiger partial charge in [-0.1, -0.05) is 60.7 Å². The summed E-state index contributed by atoms with van der Waals surface area (Å²) in [7, 11) is 0. The maximum atomic E-state index is 12.6. The Balaban J connectivity index is 1.34. The molecule has 26 heavy (non-hydrogen) atoms. The van der Waals surface area contributed by atoms with Gasteiger partial charge in [-0.3, -0.25) is 4.79 Å². The van der Waals surface area contributed by atoms with Gasteiger partial charge in [-0.25, -0.2) is 0 Å². The summed E-state index contributed by atoms with van der Waals surface area (Å²) in [6, 6.07) is 20.2. The number of benzene rings is 2. The first-order chi connectivity index (χ1) is 12.8. The normalized spacial score (nSPS) is 15.2. The van der Waals surface area contributed by atoms with Gasteiger partial charge < -0.3 is 4.90 Å². The largest absolute Gasteiger partial charge is 0.341 e. The second-order valence-electron chi connectivity index (χ2n) is 6.58. The predicted molar refractivity (Wildman–Crippen MR) is 98.3 cm³/mol. The highest BCUT2D eigenvalue weighted by Crippen LogP contribution is 2.27. The van der Waals surface area contributed by atoms with E-state index >= 15 is 0 Å². The maximum absolute atomic E-state index is 12.6. The highest BCUT2D eigenvalue weighted by molar-refractivity contribution is 5.76. The summed E-state index contributed by atoms with van der Waals surface area (Å²) >= 11 is 0. The Labute approximate surface area is 152 Å². The van der Waals surface area contributed by atoms with Gasteiger partial charge in [0.05, 0.1) is 0 Å². The fourth-order valence-electron chi connectivity index (χ4n) is 3.42. The summed E-state index contributed by atoms with van der Waals surface area (Å²) in [4.78, 5) is 15.8. The second kappa shape index (κ2) is 7.47. The number of nitrogens with zero attached hydrogens (tertiary/aromatic N) is 5. The second-order valence-corrected chi connectivity index (χ2v) is 6.58. The van der Waals surface area contributed by atoms with Crippen LogP contribution >= 0.6 is 0 Å². The van der Waals surface area contributed by atoms with Crippen LogP contribution in [0.2, 0.25) is 0 Å². The molecular formula is C20H21N5O. The highest BCUT2D eigenvalue weighted by Gasteiger charge is 2.24. The van der Waals surface area contributed by atoms with Crippen molar-refractivity contribution in [2.45, 2.75) is 25.3 Å². The average Bonchev–Trinajstić information content (AvgIpc) is 3.18. The number of hydrogen-bond donors (Lipinski definition) is 0. The van der Waals surface area contributed by atoms with Gasteiger partial charge in [0.15, 0.2) is 0 Å². The van der Waals surface area contributed by atoms with Gasteiger partial charge in [-0.15, -0.1) is 10.2 Å². The van der Waals surface area contributed by atoms with Crippen molar-refractivity contribution in [2.24, 2.45) is 0 Å². The Morgan fingerprint density at radius 3 is 2.31 bits per heavy atom. The molecule has 0 aliphatic carbocycles. The summed E-state index contributed by atoms with van der Waals surface area (Å²) in [6.45, 7) is 1.69. The fraction of sp³-hybridized carbons (Fsp3) is 0.300. The Morgan fingerprint density at radius 1 is 0.962 bits per heavy atom. The lowest BCUT2D eigenvalue weighted by Crippen LogP contribution is -2.40. The number of hydrogen-bond acceptors (Lipinski definition) is 4. The van der Waals surface area contributed by atoms with E-state index in [9.17, 15) is 4.79 Å². The summed E-state index contributed by atoms with van der Waals surface area (Å²) in [5.41, 5.74) is 2.26. The molecular weight excluding hydrogens is 326 g/mol. The number of tetrazole rings is 1. The van der Waals surface area contributed by atoms with Gasteiger partial charge in [-0.2, -0.15) is 4.80 Å². The lowest BCUT2D eigenvalue weighted by molar-refractivity contribution is -0.133. The first-order valence-corrected chi connectivity index (χ1v) is 8.95. The van der Waals surface area contributed by atoms with E-state index in [1.807, 2.05) is 41.3 Å². The molecule has 132 valence electrons. The molecule has 1 amide bonds. The number of piperidine rings is 1. The molecule has 0 spiro atoms. The number of carbonyl (C=O) groups is 1. The molecule has 6 heteroatoms. The summed E-state index contributed by atoms with van der Waals surface area (Å²) < 4.78 is 0. The molecule has 2 heterocycles. The van der Waals surface area contributed by atoms with E-state index in [2.05, 4.69) is 39.7 Å². The molecule has 1 aliphatic rings. The molecule has 0 bridgehead atoms. The van der Waals surface area contributed by atoms with E-state index in [1.54, 1.807) is 0 Å². The molecule has 4 rings (SSSR count). The molecule has 1 aliphatic heterocycles. The number of carbonyl (C=O) groups excluding carboxylic acids is 1. The van der Waals surface area contributed by atoms with Crippen molar-refractivity contribution in [3.05, 3.63) is 66.2 Å². The molecule has 1 saturated heterocycles. The van der Waals surface area contributed by atoms with Gasteiger partial charge in [0.25, 0.3) is 0 Å². The minimum atomic E-state index is 0.0496. The molecule has 1 fully saturated rings. The Bertz CT molecular complexity index is 854. The molecule has 2 aromatic carbocycles. The van der Waals surface area contributed by atoms with Crippen molar-refractivity contribution in [3.63, 3.8) is 0 Å². The molecule has 0 unspecified atom stereocenters. The van der Waals surface area contributed by atoms with Crippen molar-refractivity contribution < 1.29 is 4.79 Å². The van der Waals surface area contributed by atoms with Crippen molar-refractivity contribution in [3.8, 4) is 11.4 Å². The Morgan fingerprint density at radius 2 is 1.62 bits per heavy atom. The van der Waals surface area contributed by atoms with Gasteiger partial charge >= 0.3 is 0 Å². The lowest BCUT2D eigenvalue weighted by atomic mass is 9.89. The van der Waals surface area contributed by atoms with Crippen LogP contribution in [0.1, 0.15) is 24.3 Å². The van der Waals surface area contributed by atoms with Gasteiger partial charge in [0, 0.05) is 18.7 Å². The van der Waals surface area contributed by atoms with Crippen LogP contribution in [0, 0.1) is 0 Å². The number of likely N-dealkylation sites (tertiary alicyclic amines) is 1. The minimum absolute atomic E-state index is 0.0496. The number of rotatable bonds is 4. The van der Waals surface area contributed by atoms with Crippen LogP contribution in [0.25, 0.3) is 11.4 Å². The molecule has 3 aromatic rings. The van der Waals surface area contributed by atoms with Crippen LogP contribution in [0.3, 0.4) is 0 Å². The fourth-order valence-corrected chi connectivity index (χ4v) is 3.42. The third kappa shape index (κ3) is 3.64. The standard InChI is InChI=1S/C20H21N5O/c26-19(15-25-22-20(21-23-25)18-9-5-2-6-10-18)24-13-11-17(12-14-24)16-7-3-1-4-8-16/h1-10,17H,11-15H2. The third-order valence-electron chi connectivity index (χ3n) is 4.88. The van der Waals surface area contributed by atoms with E-state index in [4.69, 9.17) is 0 Å². The van der Waals surface area contributed by atoms with Crippen molar-refractivity contribution in [1.82, 2.24) is 25.1 Å². The van der Waals surface area contributed by atoms with Crippen molar-refractivity contribution in [1.29, 1.82) is 0 Å². The number of amides is 1. The van der Waals surface area contributed by atoms with Crippen LogP contribution in [0.4, 0.5) is 0 Å². The van der Waals surface area contributed by atoms with Crippen LogP contribution in [-0.2, 0) is 11.3 Å². The first kappa shape index (κ1) is 16.4. The van der Waals surface area contributed by atoms with Crippen molar-refractivity contribution >= 4 is 5.91 Å². The van der Waals surface area contributed by atoms with Gasteiger partial charge in [0.2, 0.25) is 11.7 Å². The Hall–Kier alpha value is -3.02. The molecule has 1 aromatic heterocycles. The SMILES string of the molecule is O=C(Cn1nnc(-c2ccccc2)n1)N1CCC(c2ccccc2)CC1. The Kier molecular flexibility index (Phi) is 4.73. The van der Waals surface area contributed by atoms with E-state index in [0.717, 1.165) is 31.5 Å². The predicted octanol–water partition coefficient (Wildman–Crippen LogP) is 2.75. The molecule has 6 nitrogen and oxygen atoms in total. The van der Waals surface area contributed by atoms with Crippen LogP contribution in [0.5, 0.6) is 0 Å². The average molecular weight is 347 g/mol. The minimum Gasteiger partial charge on any atom is -0.341 e. The molecule has 0 saturated carbocycles. The first-order valence-electron chi connectivity index (χ1n) is 8.95. The lowest BCUT2D eigenvalue weighted by Gasteiger charge is -2.32. The monoisotopic (exact) mass is 347 g/mol. The van der Waals surface area contributed by atoms with E-state index in [0.29, 0.717) is 11.7 Å². The summed E-state index contributed by atoms with van der Waals surface area (Å²) in [5.74, 6) is 1.13. The smallest absolute Gasteiger partial charge is 0.246 e. The van der Waals surface area contributed by atoms with Gasteiger partial charge in [-0.05, 0) is 29.5 Å². The zero-order chi connectivity index (χ0) is 17.8. The molecule has 0 atom stereocenters. The quantitative estimate of drug-likeness (QED) is 0.728. The summed E-state index contributed by atoms with van der Waals surface area (Å²) in [6.07, 6.45) is 1.99. The van der Waals surface area contributed by atoms with Gasteiger partial charge in [0.1, 0.15) is 6.54 Å². The van der Waals surface area contributed by atoms with Crippen LogP contribution in [0.15, 0.2) is 60.7 Å². The van der Waals surface area contributed by atoms with Crippen LogP contribution < -0.4 is 0 Å². The van der Waals surface area contributed by atoms with Crippen molar-refractivity contribution in [2.75, 3.05) is 13.1 Å². The zero-order valence-electron chi connectivity index (χ0n) is 14.5. The zero-order valence-corrected chi connectivity index (χ0v) is 14.5. The topological polar surface area (TPSA) is 63.9 Å².